The number of halogens is 1. The van der Waals surface area contributed by atoms with Gasteiger partial charge in [-0.25, -0.2) is 4.39 Å². The second kappa shape index (κ2) is 4.86. The Labute approximate surface area is 115 Å². The Hall–Kier alpha value is -1.95. The van der Waals surface area contributed by atoms with Gasteiger partial charge in [0.1, 0.15) is 5.82 Å². The van der Waals surface area contributed by atoms with Crippen molar-refractivity contribution in [1.82, 2.24) is 0 Å². The molecule has 1 unspecified atom stereocenters. The van der Waals surface area contributed by atoms with Crippen LogP contribution < -0.4 is 10.2 Å². The van der Waals surface area contributed by atoms with Gasteiger partial charge in [-0.1, -0.05) is 0 Å². The first kappa shape index (κ1) is 13.1. The predicted octanol–water partition coefficient (Wildman–Crippen LogP) is 1.43. The number of benzene rings is 1. The molecule has 3 rings (SSSR count). The van der Waals surface area contributed by atoms with Crippen LogP contribution in [-0.4, -0.2) is 38.5 Å². The molecule has 1 amide bonds. The molecule has 1 N–H and O–H groups in total. The van der Waals surface area contributed by atoms with Gasteiger partial charge in [-0.2, -0.15) is 0 Å². The molecule has 0 aromatic heterocycles. The summed E-state index contributed by atoms with van der Waals surface area (Å²) in [6.07, 6.45) is 0.940. The lowest BCUT2D eigenvalue weighted by Crippen LogP contribution is -2.22. The zero-order chi connectivity index (χ0) is 14.3. The van der Waals surface area contributed by atoms with Crippen molar-refractivity contribution in [2.75, 3.05) is 37.0 Å². The highest BCUT2D eigenvalue weighted by atomic mass is 19.1. The molecular formula is C14H15FN2O3. The Bertz CT molecular complexity index is 588. The van der Waals surface area contributed by atoms with Gasteiger partial charge in [0.2, 0.25) is 0 Å². The van der Waals surface area contributed by atoms with E-state index in [-0.39, 0.29) is 5.56 Å². The van der Waals surface area contributed by atoms with E-state index in [0.717, 1.165) is 19.0 Å². The molecule has 5 nitrogen and oxygen atoms in total. The maximum Gasteiger partial charge on any atom is 0.296 e. The maximum atomic E-state index is 14.1. The molecule has 20 heavy (non-hydrogen) atoms. The van der Waals surface area contributed by atoms with Gasteiger partial charge < -0.3 is 15.0 Å². The van der Waals surface area contributed by atoms with Crippen LogP contribution >= 0.6 is 0 Å². The smallest absolute Gasteiger partial charge is 0.296 e. The number of carbonyl (C=O) groups is 2. The highest BCUT2D eigenvalue weighted by Gasteiger charge is 2.31. The third-order valence-electron chi connectivity index (χ3n) is 3.81. The van der Waals surface area contributed by atoms with Gasteiger partial charge in [-0.05, 0) is 18.6 Å². The van der Waals surface area contributed by atoms with Crippen LogP contribution in [0.25, 0.3) is 0 Å². The molecule has 0 aliphatic carbocycles. The van der Waals surface area contributed by atoms with Gasteiger partial charge >= 0.3 is 0 Å². The van der Waals surface area contributed by atoms with Crippen molar-refractivity contribution in [3.8, 4) is 0 Å². The average Bonchev–Trinajstić information content (AvgIpc) is 2.97. The molecule has 2 aliphatic rings. The Kier molecular flexibility index (Phi) is 3.17. The number of nitrogens with zero attached hydrogens (tertiary/aromatic N) is 1. The van der Waals surface area contributed by atoms with Crippen LogP contribution in [0.4, 0.5) is 15.8 Å². The monoisotopic (exact) mass is 278 g/mol. The number of ketones is 1. The molecule has 0 saturated carbocycles. The summed E-state index contributed by atoms with van der Waals surface area (Å²) in [7, 11) is 1.65. The lowest BCUT2D eigenvalue weighted by Gasteiger charge is -2.20. The summed E-state index contributed by atoms with van der Waals surface area (Å²) in [6.45, 7) is 2.11. The molecule has 1 aromatic carbocycles. The predicted molar refractivity (Wildman–Crippen MR) is 71.6 cm³/mol. The Morgan fingerprint density at radius 3 is 3.00 bits per heavy atom. The van der Waals surface area contributed by atoms with Crippen LogP contribution in [0, 0.1) is 11.7 Å². The lowest BCUT2D eigenvalue weighted by molar-refractivity contribution is -0.112. The van der Waals surface area contributed by atoms with Crippen LogP contribution in [0.2, 0.25) is 0 Å². The van der Waals surface area contributed by atoms with Crippen LogP contribution in [0.1, 0.15) is 16.8 Å². The SMILES string of the molecule is COCC1CCN(c2cc3c(cc2F)C(=O)C(=O)N3)C1. The van der Waals surface area contributed by atoms with Crippen molar-refractivity contribution in [2.45, 2.75) is 6.42 Å². The zero-order valence-corrected chi connectivity index (χ0v) is 11.1. The number of hydrogen-bond donors (Lipinski definition) is 1. The molecule has 0 spiro atoms. The fourth-order valence-electron chi connectivity index (χ4n) is 2.82. The molecule has 1 aromatic rings. The fraction of sp³-hybridized carbons (Fsp3) is 0.429. The van der Waals surface area contributed by atoms with Gasteiger partial charge in [0.15, 0.2) is 0 Å². The summed E-state index contributed by atoms with van der Waals surface area (Å²) in [5.41, 5.74) is 0.938. The molecule has 1 saturated heterocycles. The van der Waals surface area contributed by atoms with E-state index >= 15 is 0 Å². The highest BCUT2D eigenvalue weighted by molar-refractivity contribution is 6.51. The summed E-state index contributed by atoms with van der Waals surface area (Å²) in [4.78, 5) is 24.7. The number of ether oxygens (including phenoxy) is 1. The Balaban J connectivity index is 1.87. The van der Waals surface area contributed by atoms with Gasteiger partial charge in [-0.15, -0.1) is 0 Å². The first-order valence-electron chi connectivity index (χ1n) is 6.53. The molecule has 2 aliphatic heterocycles. The van der Waals surface area contributed by atoms with E-state index in [1.54, 1.807) is 13.2 Å². The second-order valence-electron chi connectivity index (χ2n) is 5.19. The molecule has 1 atom stereocenters. The van der Waals surface area contributed by atoms with Crippen molar-refractivity contribution in [2.24, 2.45) is 5.92 Å². The van der Waals surface area contributed by atoms with E-state index in [1.165, 1.54) is 0 Å². The van der Waals surface area contributed by atoms with Gasteiger partial charge in [0, 0.05) is 26.1 Å². The van der Waals surface area contributed by atoms with E-state index in [0.29, 0.717) is 30.4 Å². The van der Waals surface area contributed by atoms with Crippen LogP contribution in [0.15, 0.2) is 12.1 Å². The van der Waals surface area contributed by atoms with Crippen molar-refractivity contribution >= 4 is 23.1 Å². The second-order valence-corrected chi connectivity index (χ2v) is 5.19. The average molecular weight is 278 g/mol. The van der Waals surface area contributed by atoms with Crippen LogP contribution in [-0.2, 0) is 9.53 Å². The first-order valence-corrected chi connectivity index (χ1v) is 6.53. The van der Waals surface area contributed by atoms with Crippen molar-refractivity contribution < 1.29 is 18.7 Å². The van der Waals surface area contributed by atoms with Crippen molar-refractivity contribution in [1.29, 1.82) is 0 Å². The lowest BCUT2D eigenvalue weighted by atomic mass is 10.1. The van der Waals surface area contributed by atoms with Gasteiger partial charge in [-0.3, -0.25) is 9.59 Å². The molecule has 1 fully saturated rings. The number of nitrogens with one attached hydrogen (secondary N) is 1. The summed E-state index contributed by atoms with van der Waals surface area (Å²) in [6, 6.07) is 2.69. The normalized spacial score (nSPS) is 21.3. The highest BCUT2D eigenvalue weighted by Crippen LogP contribution is 2.33. The number of methoxy groups -OCH3 is 1. The number of amides is 1. The van der Waals surface area contributed by atoms with Crippen molar-refractivity contribution in [3.63, 3.8) is 0 Å². The minimum absolute atomic E-state index is 0.115. The van der Waals surface area contributed by atoms with Crippen LogP contribution in [0.3, 0.4) is 0 Å². The summed E-state index contributed by atoms with van der Waals surface area (Å²) in [5, 5.41) is 2.47. The minimum Gasteiger partial charge on any atom is -0.384 e. The molecule has 6 heteroatoms. The Morgan fingerprint density at radius 1 is 1.45 bits per heavy atom. The molecular weight excluding hydrogens is 263 g/mol. The van der Waals surface area contributed by atoms with E-state index < -0.39 is 17.5 Å². The van der Waals surface area contributed by atoms with E-state index in [9.17, 15) is 14.0 Å². The molecule has 0 bridgehead atoms. The van der Waals surface area contributed by atoms with Gasteiger partial charge in [0.25, 0.3) is 11.7 Å². The zero-order valence-electron chi connectivity index (χ0n) is 11.1. The summed E-state index contributed by atoms with van der Waals surface area (Å²) >= 11 is 0. The number of carbonyl (C=O) groups excluding carboxylic acids is 2. The third kappa shape index (κ3) is 2.06. The standard InChI is InChI=1S/C14H15FN2O3/c1-20-7-8-2-3-17(6-8)12-5-11-9(4-10(12)15)13(18)14(19)16-11/h4-5,8H,2-3,6-7H2,1H3,(H,16,18,19). The number of Topliss-reactive ketones (excluding diaryl/α,β-unsaturated/α-hetero) is 1. The Morgan fingerprint density at radius 2 is 2.25 bits per heavy atom. The van der Waals surface area contributed by atoms with E-state index in [4.69, 9.17) is 4.74 Å². The third-order valence-corrected chi connectivity index (χ3v) is 3.81. The number of anilines is 2. The number of hydrogen-bond acceptors (Lipinski definition) is 4. The van der Waals surface area contributed by atoms with E-state index in [1.807, 2.05) is 4.90 Å². The van der Waals surface area contributed by atoms with Gasteiger partial charge in [0.05, 0.1) is 23.5 Å². The molecule has 2 heterocycles. The molecule has 106 valence electrons. The maximum absolute atomic E-state index is 14.1. The fourth-order valence-corrected chi connectivity index (χ4v) is 2.82. The van der Waals surface area contributed by atoms with E-state index in [2.05, 4.69) is 5.32 Å². The number of rotatable bonds is 3. The number of fused-ring (bicyclic) bond motifs is 1. The van der Waals surface area contributed by atoms with Crippen molar-refractivity contribution in [3.05, 3.63) is 23.5 Å². The van der Waals surface area contributed by atoms with Crippen LogP contribution in [0.5, 0.6) is 0 Å². The summed E-state index contributed by atoms with van der Waals surface area (Å²) in [5.74, 6) is -1.46. The minimum atomic E-state index is -0.699. The molecule has 0 radical (unpaired) electrons. The largest absolute Gasteiger partial charge is 0.384 e. The first-order chi connectivity index (χ1) is 9.60. The quantitative estimate of drug-likeness (QED) is 0.850. The topological polar surface area (TPSA) is 58.6 Å². The summed E-state index contributed by atoms with van der Waals surface area (Å²) < 4.78 is 19.3.